The first-order chi connectivity index (χ1) is 10.9. The largest absolute Gasteiger partial charge is 0.444 e. The molecule has 23 heavy (non-hydrogen) atoms. The van der Waals surface area contributed by atoms with Gasteiger partial charge in [0.15, 0.2) is 0 Å². The Bertz CT molecular complexity index is 465. The molecule has 1 heterocycles. The smallest absolute Gasteiger partial charge is 0.410 e. The van der Waals surface area contributed by atoms with Gasteiger partial charge in [0.2, 0.25) is 0 Å². The predicted molar refractivity (Wildman–Crippen MR) is 92.3 cm³/mol. The minimum atomic E-state index is -0.455. The van der Waals surface area contributed by atoms with Crippen LogP contribution in [0.2, 0.25) is 0 Å². The van der Waals surface area contributed by atoms with E-state index in [0.29, 0.717) is 13.1 Å². The molecule has 1 rings (SSSR count). The summed E-state index contributed by atoms with van der Waals surface area (Å²) < 4.78 is 7.61. The van der Waals surface area contributed by atoms with Crippen LogP contribution in [0, 0.1) is 0 Å². The number of nitrogens with one attached hydrogen (secondary N) is 1. The van der Waals surface area contributed by atoms with Gasteiger partial charge >= 0.3 is 6.09 Å². The average Bonchev–Trinajstić information content (AvgIpc) is 2.88. The van der Waals surface area contributed by atoms with E-state index in [9.17, 15) is 4.79 Å². The fraction of sp³-hybridized carbons (Fsp3) is 0.765. The van der Waals surface area contributed by atoms with Gasteiger partial charge in [-0.05, 0) is 33.6 Å². The van der Waals surface area contributed by atoms with Gasteiger partial charge in [0.1, 0.15) is 5.60 Å². The van der Waals surface area contributed by atoms with Crippen LogP contribution in [0.25, 0.3) is 0 Å². The molecule has 0 aromatic carbocycles. The normalized spacial score (nSPS) is 11.5. The zero-order valence-corrected chi connectivity index (χ0v) is 15.3. The highest BCUT2D eigenvalue weighted by Crippen LogP contribution is 2.10. The van der Waals surface area contributed by atoms with Crippen molar-refractivity contribution in [2.45, 2.75) is 66.2 Å². The van der Waals surface area contributed by atoms with Gasteiger partial charge in [-0.1, -0.05) is 13.8 Å². The molecule has 6 nitrogen and oxygen atoms in total. The van der Waals surface area contributed by atoms with Gasteiger partial charge in [0.25, 0.3) is 0 Å². The summed E-state index contributed by atoms with van der Waals surface area (Å²) >= 11 is 0. The third-order valence-electron chi connectivity index (χ3n) is 3.27. The summed E-state index contributed by atoms with van der Waals surface area (Å²) in [5, 5.41) is 3.38. The number of aromatic nitrogens is 2. The maximum absolute atomic E-state index is 12.2. The summed E-state index contributed by atoms with van der Waals surface area (Å²) in [7, 11) is 0. The van der Waals surface area contributed by atoms with E-state index in [1.165, 1.54) is 5.69 Å². The number of nitrogens with zero attached hydrogens (tertiary/aromatic N) is 3. The first-order valence-electron chi connectivity index (χ1n) is 8.55. The highest BCUT2D eigenvalue weighted by molar-refractivity contribution is 5.68. The van der Waals surface area contributed by atoms with Crippen molar-refractivity contribution >= 4 is 6.09 Å². The third-order valence-corrected chi connectivity index (χ3v) is 3.27. The van der Waals surface area contributed by atoms with Crippen molar-refractivity contribution in [3.63, 3.8) is 0 Å². The summed E-state index contributed by atoms with van der Waals surface area (Å²) in [4.78, 5) is 18.1. The van der Waals surface area contributed by atoms with Crippen LogP contribution in [0.4, 0.5) is 4.79 Å². The van der Waals surface area contributed by atoms with E-state index in [4.69, 9.17) is 4.74 Å². The lowest BCUT2D eigenvalue weighted by Crippen LogP contribution is -2.40. The molecule has 1 aromatic heterocycles. The van der Waals surface area contributed by atoms with Gasteiger partial charge in [-0.3, -0.25) is 0 Å². The van der Waals surface area contributed by atoms with Crippen LogP contribution in [0.3, 0.4) is 0 Å². The fourth-order valence-corrected chi connectivity index (χ4v) is 2.26. The molecule has 0 saturated heterocycles. The van der Waals surface area contributed by atoms with Gasteiger partial charge < -0.3 is 19.5 Å². The van der Waals surface area contributed by atoms with Crippen molar-refractivity contribution in [3.05, 3.63) is 18.2 Å². The Balaban J connectivity index is 2.40. The van der Waals surface area contributed by atoms with Crippen LogP contribution >= 0.6 is 0 Å². The third kappa shape index (κ3) is 7.50. The van der Waals surface area contributed by atoms with Crippen molar-refractivity contribution < 1.29 is 9.53 Å². The second kappa shape index (κ2) is 9.55. The van der Waals surface area contributed by atoms with Crippen LogP contribution < -0.4 is 5.32 Å². The lowest BCUT2D eigenvalue weighted by Gasteiger charge is -2.27. The molecule has 0 bridgehead atoms. The average molecular weight is 324 g/mol. The van der Waals surface area contributed by atoms with Crippen LogP contribution in [-0.4, -0.2) is 45.8 Å². The number of hydrogen-bond acceptors (Lipinski definition) is 4. The molecule has 0 spiro atoms. The quantitative estimate of drug-likeness (QED) is 0.709. The summed E-state index contributed by atoms with van der Waals surface area (Å²) in [6.07, 6.45) is 5.52. The second-order valence-corrected chi connectivity index (χ2v) is 6.72. The first kappa shape index (κ1) is 19.5. The lowest BCUT2D eigenvalue weighted by atomic mass is 10.2. The Morgan fingerprint density at radius 1 is 1.30 bits per heavy atom. The SMILES string of the molecule is CCCN(CCNCc1cncn1CCC)C(=O)OC(C)(C)C. The summed E-state index contributed by atoms with van der Waals surface area (Å²) in [5.41, 5.74) is 0.717. The molecule has 1 aromatic rings. The summed E-state index contributed by atoms with van der Waals surface area (Å²) in [6.45, 7) is 13.7. The molecule has 0 aliphatic carbocycles. The molecule has 6 heteroatoms. The number of carbonyl (C=O) groups is 1. The van der Waals surface area contributed by atoms with E-state index < -0.39 is 5.60 Å². The molecule has 0 aliphatic heterocycles. The van der Waals surface area contributed by atoms with Crippen molar-refractivity contribution in [1.82, 2.24) is 19.8 Å². The van der Waals surface area contributed by atoms with Crippen molar-refractivity contribution in [3.8, 4) is 0 Å². The maximum Gasteiger partial charge on any atom is 0.410 e. The van der Waals surface area contributed by atoms with Crippen molar-refractivity contribution in [1.29, 1.82) is 0 Å². The van der Waals surface area contributed by atoms with Gasteiger partial charge in [-0.25, -0.2) is 9.78 Å². The molecular formula is C17H32N4O2. The molecule has 0 unspecified atom stereocenters. The van der Waals surface area contributed by atoms with Crippen LogP contribution in [0.15, 0.2) is 12.5 Å². The van der Waals surface area contributed by atoms with E-state index in [0.717, 1.165) is 32.5 Å². The standard InChI is InChI=1S/C17H32N4O2/c1-6-9-20(16(22)23-17(3,4)5)11-8-18-12-15-13-19-14-21(15)10-7-2/h13-14,18H,6-12H2,1-5H3. The lowest BCUT2D eigenvalue weighted by molar-refractivity contribution is 0.0252. The molecular weight excluding hydrogens is 292 g/mol. The van der Waals surface area contributed by atoms with Gasteiger partial charge in [-0.15, -0.1) is 0 Å². The molecule has 0 atom stereocenters. The molecule has 132 valence electrons. The van der Waals surface area contributed by atoms with Crippen LogP contribution in [-0.2, 0) is 17.8 Å². The molecule has 1 amide bonds. The first-order valence-corrected chi connectivity index (χ1v) is 8.55. The van der Waals surface area contributed by atoms with Crippen molar-refractivity contribution in [2.24, 2.45) is 0 Å². The Morgan fingerprint density at radius 2 is 2.04 bits per heavy atom. The molecule has 0 saturated carbocycles. The molecule has 0 radical (unpaired) electrons. The topological polar surface area (TPSA) is 59.4 Å². The van der Waals surface area contributed by atoms with E-state index >= 15 is 0 Å². The number of imidazole rings is 1. The maximum atomic E-state index is 12.2. The van der Waals surface area contributed by atoms with Crippen molar-refractivity contribution in [2.75, 3.05) is 19.6 Å². The van der Waals surface area contributed by atoms with E-state index in [1.807, 2.05) is 33.3 Å². The van der Waals surface area contributed by atoms with Gasteiger partial charge in [0, 0.05) is 38.9 Å². The minimum Gasteiger partial charge on any atom is -0.444 e. The molecule has 0 fully saturated rings. The molecule has 0 aliphatic rings. The number of hydrogen-bond donors (Lipinski definition) is 1. The number of carbonyl (C=O) groups excluding carboxylic acids is 1. The summed E-state index contributed by atoms with van der Waals surface area (Å²) in [6, 6.07) is 0. The van der Waals surface area contributed by atoms with E-state index in [-0.39, 0.29) is 6.09 Å². The minimum absolute atomic E-state index is 0.239. The highest BCUT2D eigenvalue weighted by atomic mass is 16.6. The molecule has 1 N–H and O–H groups in total. The van der Waals surface area contributed by atoms with Crippen LogP contribution in [0.1, 0.15) is 53.2 Å². The Labute approximate surface area is 140 Å². The Hall–Kier alpha value is -1.56. The van der Waals surface area contributed by atoms with Crippen LogP contribution in [0.5, 0.6) is 0 Å². The fourth-order valence-electron chi connectivity index (χ4n) is 2.26. The summed E-state index contributed by atoms with van der Waals surface area (Å²) in [5.74, 6) is 0. The van der Waals surface area contributed by atoms with Gasteiger partial charge in [-0.2, -0.15) is 0 Å². The second-order valence-electron chi connectivity index (χ2n) is 6.72. The van der Waals surface area contributed by atoms with E-state index in [2.05, 4.69) is 28.7 Å². The number of rotatable bonds is 9. The highest BCUT2D eigenvalue weighted by Gasteiger charge is 2.21. The van der Waals surface area contributed by atoms with Gasteiger partial charge in [0.05, 0.1) is 12.0 Å². The number of amides is 1. The number of aryl methyl sites for hydroxylation is 1. The monoisotopic (exact) mass is 324 g/mol. The Kier molecular flexibility index (Phi) is 8.09. The van der Waals surface area contributed by atoms with E-state index in [1.54, 1.807) is 4.90 Å². The predicted octanol–water partition coefficient (Wildman–Crippen LogP) is 3.03. The number of ether oxygens (including phenoxy) is 1. The zero-order valence-electron chi connectivity index (χ0n) is 15.3. The Morgan fingerprint density at radius 3 is 2.65 bits per heavy atom. The zero-order chi connectivity index (χ0) is 17.3.